The lowest BCUT2D eigenvalue weighted by atomic mass is 9.94. The molecule has 7 nitrogen and oxygen atoms in total. The molecule has 0 radical (unpaired) electrons. The highest BCUT2D eigenvalue weighted by Gasteiger charge is 2.37. The molecule has 26 heavy (non-hydrogen) atoms. The van der Waals surface area contributed by atoms with Crippen LogP contribution in [0.2, 0.25) is 0 Å². The van der Waals surface area contributed by atoms with E-state index in [1.807, 2.05) is 30.3 Å². The minimum atomic E-state index is -0.519. The van der Waals surface area contributed by atoms with Gasteiger partial charge in [0.1, 0.15) is 0 Å². The van der Waals surface area contributed by atoms with E-state index in [0.29, 0.717) is 31.0 Å². The first-order valence-electron chi connectivity index (χ1n) is 8.91. The Bertz CT molecular complexity index is 683. The highest BCUT2D eigenvalue weighted by Crippen LogP contribution is 2.31. The van der Waals surface area contributed by atoms with Crippen LogP contribution in [0, 0.1) is 0 Å². The number of nitrogens with one attached hydrogen (secondary N) is 1. The number of rotatable bonds is 5. The molecule has 0 aliphatic carbocycles. The van der Waals surface area contributed by atoms with Crippen LogP contribution < -0.4 is 5.32 Å². The van der Waals surface area contributed by atoms with E-state index in [0.717, 1.165) is 18.7 Å². The standard InChI is InChI=1S/C19H25N3O4/c1-3-26-18(23)16-15(13-22-9-11-25-12-10-22)21(2)19(24)20-17(16)14-7-5-4-6-8-14/h4-8,17H,3,9-13H2,1-2H3,(H,20,24)/t17-/m0/s1. The van der Waals surface area contributed by atoms with Gasteiger partial charge in [-0.3, -0.25) is 9.80 Å². The molecule has 0 spiro atoms. The summed E-state index contributed by atoms with van der Waals surface area (Å²) in [7, 11) is 1.69. The molecule has 1 N–H and O–H groups in total. The summed E-state index contributed by atoms with van der Waals surface area (Å²) in [5.41, 5.74) is 2.03. The van der Waals surface area contributed by atoms with Gasteiger partial charge in [-0.05, 0) is 12.5 Å². The fourth-order valence-corrected chi connectivity index (χ4v) is 3.26. The van der Waals surface area contributed by atoms with E-state index in [-0.39, 0.29) is 12.6 Å². The number of morpholine rings is 1. The Balaban J connectivity index is 2.02. The maximum absolute atomic E-state index is 12.8. The van der Waals surface area contributed by atoms with Crippen molar-refractivity contribution in [2.75, 3.05) is 46.5 Å². The first kappa shape index (κ1) is 18.4. The molecule has 2 heterocycles. The number of carbonyl (C=O) groups is 2. The molecule has 140 valence electrons. The molecule has 0 bridgehead atoms. The zero-order valence-corrected chi connectivity index (χ0v) is 15.2. The summed E-state index contributed by atoms with van der Waals surface area (Å²) in [6, 6.07) is 8.76. The van der Waals surface area contributed by atoms with E-state index >= 15 is 0 Å². The second kappa shape index (κ2) is 8.33. The van der Waals surface area contributed by atoms with E-state index in [1.165, 1.54) is 4.90 Å². The molecule has 0 aromatic heterocycles. The second-order valence-corrected chi connectivity index (χ2v) is 6.32. The van der Waals surface area contributed by atoms with Crippen molar-refractivity contribution in [3.63, 3.8) is 0 Å². The third-order valence-electron chi connectivity index (χ3n) is 4.68. The van der Waals surface area contributed by atoms with E-state index < -0.39 is 12.0 Å². The van der Waals surface area contributed by atoms with Crippen LogP contribution >= 0.6 is 0 Å². The van der Waals surface area contributed by atoms with Gasteiger partial charge in [0.2, 0.25) is 0 Å². The van der Waals surface area contributed by atoms with Crippen molar-refractivity contribution in [1.29, 1.82) is 0 Å². The third-order valence-corrected chi connectivity index (χ3v) is 4.68. The summed E-state index contributed by atoms with van der Waals surface area (Å²) in [6.07, 6.45) is 0. The van der Waals surface area contributed by atoms with Gasteiger partial charge in [0, 0.05) is 32.4 Å². The zero-order chi connectivity index (χ0) is 18.5. The second-order valence-electron chi connectivity index (χ2n) is 6.32. The number of esters is 1. The van der Waals surface area contributed by atoms with Gasteiger partial charge in [0.25, 0.3) is 0 Å². The first-order chi connectivity index (χ1) is 12.6. The van der Waals surface area contributed by atoms with Gasteiger partial charge in [-0.15, -0.1) is 0 Å². The summed E-state index contributed by atoms with van der Waals surface area (Å²) in [5, 5.41) is 2.92. The van der Waals surface area contributed by atoms with Crippen LogP contribution in [0.25, 0.3) is 0 Å². The molecule has 1 fully saturated rings. The molecule has 0 unspecified atom stereocenters. The van der Waals surface area contributed by atoms with Gasteiger partial charge in [0.15, 0.2) is 0 Å². The summed E-state index contributed by atoms with van der Waals surface area (Å²) < 4.78 is 10.7. The normalized spacial score (nSPS) is 21.5. The number of likely N-dealkylation sites (N-methyl/N-ethyl adjacent to an activating group) is 1. The Morgan fingerprint density at radius 1 is 1.27 bits per heavy atom. The number of hydrogen-bond acceptors (Lipinski definition) is 5. The molecular weight excluding hydrogens is 334 g/mol. The summed E-state index contributed by atoms with van der Waals surface area (Å²) in [6.45, 7) is 5.41. The Kier molecular flexibility index (Phi) is 5.90. The van der Waals surface area contributed by atoms with E-state index in [4.69, 9.17) is 9.47 Å². The topological polar surface area (TPSA) is 71.1 Å². The van der Waals surface area contributed by atoms with E-state index in [2.05, 4.69) is 10.2 Å². The largest absolute Gasteiger partial charge is 0.463 e. The summed E-state index contributed by atoms with van der Waals surface area (Å²) >= 11 is 0. The average molecular weight is 359 g/mol. The van der Waals surface area contributed by atoms with Crippen LogP contribution in [0.4, 0.5) is 4.79 Å². The van der Waals surface area contributed by atoms with Crippen molar-refractivity contribution in [2.45, 2.75) is 13.0 Å². The van der Waals surface area contributed by atoms with Gasteiger partial charge in [-0.1, -0.05) is 30.3 Å². The quantitative estimate of drug-likeness (QED) is 0.808. The summed E-state index contributed by atoms with van der Waals surface area (Å²) in [5.74, 6) is -0.392. The number of nitrogens with zero attached hydrogens (tertiary/aromatic N) is 2. The van der Waals surface area contributed by atoms with Gasteiger partial charge >= 0.3 is 12.0 Å². The number of carbonyl (C=O) groups excluding carboxylic acids is 2. The number of amides is 2. The lowest BCUT2D eigenvalue weighted by Gasteiger charge is -2.37. The Labute approximate surface area is 153 Å². The predicted molar refractivity (Wildman–Crippen MR) is 96.4 cm³/mol. The maximum Gasteiger partial charge on any atom is 0.338 e. The van der Waals surface area contributed by atoms with Crippen LogP contribution in [-0.4, -0.2) is 68.3 Å². The van der Waals surface area contributed by atoms with E-state index in [1.54, 1.807) is 14.0 Å². The SMILES string of the molecule is CCOC(=O)C1=C(CN2CCOCC2)N(C)C(=O)N[C@H]1c1ccccc1. The minimum Gasteiger partial charge on any atom is -0.463 e. The van der Waals surface area contributed by atoms with Crippen LogP contribution in [0.1, 0.15) is 18.5 Å². The molecule has 1 aromatic rings. The van der Waals surface area contributed by atoms with Crippen molar-refractivity contribution < 1.29 is 19.1 Å². The molecule has 3 rings (SSSR count). The average Bonchev–Trinajstić information content (AvgIpc) is 2.67. The third kappa shape index (κ3) is 3.89. The van der Waals surface area contributed by atoms with Gasteiger partial charge in [0.05, 0.1) is 31.4 Å². The van der Waals surface area contributed by atoms with Crippen LogP contribution in [0.5, 0.6) is 0 Å². The lowest BCUT2D eigenvalue weighted by Crippen LogP contribution is -2.50. The van der Waals surface area contributed by atoms with Crippen LogP contribution in [0.3, 0.4) is 0 Å². The van der Waals surface area contributed by atoms with Crippen molar-refractivity contribution in [2.24, 2.45) is 0 Å². The molecule has 2 amide bonds. The molecule has 0 saturated carbocycles. The Morgan fingerprint density at radius 3 is 2.62 bits per heavy atom. The lowest BCUT2D eigenvalue weighted by molar-refractivity contribution is -0.139. The molecule has 2 aliphatic rings. The zero-order valence-electron chi connectivity index (χ0n) is 15.2. The number of benzene rings is 1. The molecule has 1 aromatic carbocycles. The summed E-state index contributed by atoms with van der Waals surface area (Å²) in [4.78, 5) is 29.0. The van der Waals surface area contributed by atoms with Crippen LogP contribution in [0.15, 0.2) is 41.6 Å². The van der Waals surface area contributed by atoms with Crippen molar-refractivity contribution in [1.82, 2.24) is 15.1 Å². The molecule has 2 aliphatic heterocycles. The maximum atomic E-state index is 12.8. The highest BCUT2D eigenvalue weighted by molar-refractivity contribution is 5.95. The predicted octanol–water partition coefficient (Wildman–Crippen LogP) is 1.53. The fraction of sp³-hybridized carbons (Fsp3) is 0.474. The van der Waals surface area contributed by atoms with Crippen molar-refractivity contribution >= 4 is 12.0 Å². The van der Waals surface area contributed by atoms with Crippen molar-refractivity contribution in [3.8, 4) is 0 Å². The Hall–Kier alpha value is -2.38. The Morgan fingerprint density at radius 2 is 1.96 bits per heavy atom. The smallest absolute Gasteiger partial charge is 0.338 e. The van der Waals surface area contributed by atoms with Gasteiger partial charge < -0.3 is 14.8 Å². The number of hydrogen-bond donors (Lipinski definition) is 1. The first-order valence-corrected chi connectivity index (χ1v) is 8.91. The van der Waals surface area contributed by atoms with Gasteiger partial charge in [-0.25, -0.2) is 9.59 Å². The fourth-order valence-electron chi connectivity index (χ4n) is 3.26. The molecule has 1 atom stereocenters. The number of urea groups is 1. The minimum absolute atomic E-state index is 0.227. The highest BCUT2D eigenvalue weighted by atomic mass is 16.5. The molecule has 7 heteroatoms. The van der Waals surface area contributed by atoms with Gasteiger partial charge in [-0.2, -0.15) is 0 Å². The van der Waals surface area contributed by atoms with Crippen LogP contribution in [-0.2, 0) is 14.3 Å². The van der Waals surface area contributed by atoms with Crippen molar-refractivity contribution in [3.05, 3.63) is 47.2 Å². The number of ether oxygens (including phenoxy) is 2. The molecular formula is C19H25N3O4. The van der Waals surface area contributed by atoms with E-state index in [9.17, 15) is 9.59 Å². The monoisotopic (exact) mass is 359 g/mol. The molecule has 1 saturated heterocycles.